The zero-order valence-corrected chi connectivity index (χ0v) is 10.8. The van der Waals surface area contributed by atoms with Crippen LogP contribution in [0.25, 0.3) is 0 Å². The zero-order chi connectivity index (χ0) is 13.3. The minimum Gasteiger partial charge on any atom is -0.478 e. The van der Waals surface area contributed by atoms with Crippen LogP contribution in [0.2, 0.25) is 0 Å². The number of carboxylic acid groups (broad SMARTS) is 1. The molecule has 0 radical (unpaired) electrons. The fourth-order valence-electron chi connectivity index (χ4n) is 3.05. The van der Waals surface area contributed by atoms with Gasteiger partial charge in [-0.2, -0.15) is 0 Å². The summed E-state index contributed by atoms with van der Waals surface area (Å²) in [5.74, 6) is 0.180. The van der Waals surface area contributed by atoms with Crippen molar-refractivity contribution in [1.82, 2.24) is 4.57 Å². The molecule has 4 heteroatoms. The average molecular weight is 249 g/mol. The first-order valence-corrected chi connectivity index (χ1v) is 6.43. The summed E-state index contributed by atoms with van der Waals surface area (Å²) >= 11 is 0. The van der Waals surface area contributed by atoms with Crippen molar-refractivity contribution in [1.29, 1.82) is 0 Å². The summed E-state index contributed by atoms with van der Waals surface area (Å²) in [6, 6.07) is 2.86. The predicted molar refractivity (Wildman–Crippen MR) is 68.9 cm³/mol. The lowest BCUT2D eigenvalue weighted by Crippen LogP contribution is -2.30. The van der Waals surface area contributed by atoms with Gasteiger partial charge in [0.1, 0.15) is 0 Å². The highest BCUT2D eigenvalue weighted by Gasteiger charge is 2.25. The van der Waals surface area contributed by atoms with Gasteiger partial charge in [-0.25, -0.2) is 4.79 Å². The van der Waals surface area contributed by atoms with E-state index in [-0.39, 0.29) is 17.2 Å². The normalized spacial score (nSPS) is 28.0. The van der Waals surface area contributed by atoms with Gasteiger partial charge in [-0.15, -0.1) is 0 Å². The maximum Gasteiger partial charge on any atom is 0.337 e. The first-order valence-electron chi connectivity index (χ1n) is 6.43. The standard InChI is InChI=1S/C14H19NO3/c1-9-5-10(2)7-12(6-9)15-8-11(14(17)18)3-4-13(15)16/h3-4,8-10,12H,5-7H2,1-2H3,(H,17,18). The van der Waals surface area contributed by atoms with Gasteiger partial charge in [-0.05, 0) is 37.2 Å². The van der Waals surface area contributed by atoms with E-state index in [2.05, 4.69) is 13.8 Å². The molecule has 18 heavy (non-hydrogen) atoms. The molecule has 1 N–H and O–H groups in total. The van der Waals surface area contributed by atoms with Crippen LogP contribution >= 0.6 is 0 Å². The van der Waals surface area contributed by atoms with Gasteiger partial charge in [0, 0.05) is 18.3 Å². The van der Waals surface area contributed by atoms with Crippen molar-refractivity contribution in [3.8, 4) is 0 Å². The molecular weight excluding hydrogens is 230 g/mol. The molecule has 0 spiro atoms. The Labute approximate surface area is 106 Å². The summed E-state index contributed by atoms with van der Waals surface area (Å²) in [7, 11) is 0. The van der Waals surface area contributed by atoms with E-state index in [4.69, 9.17) is 5.11 Å². The fourth-order valence-corrected chi connectivity index (χ4v) is 3.05. The Kier molecular flexibility index (Phi) is 3.55. The van der Waals surface area contributed by atoms with Crippen LogP contribution < -0.4 is 5.56 Å². The average Bonchev–Trinajstić information content (AvgIpc) is 2.27. The van der Waals surface area contributed by atoms with E-state index in [9.17, 15) is 9.59 Å². The summed E-state index contributed by atoms with van der Waals surface area (Å²) in [5, 5.41) is 8.99. The number of carbonyl (C=O) groups is 1. The minimum absolute atomic E-state index is 0.105. The van der Waals surface area contributed by atoms with Gasteiger partial charge >= 0.3 is 5.97 Å². The summed E-state index contributed by atoms with van der Waals surface area (Å²) in [4.78, 5) is 22.8. The number of nitrogens with zero attached hydrogens (tertiary/aromatic N) is 1. The van der Waals surface area contributed by atoms with Crippen LogP contribution in [-0.2, 0) is 0 Å². The fraction of sp³-hybridized carbons (Fsp3) is 0.571. The molecular formula is C14H19NO3. The van der Waals surface area contributed by atoms with Crippen LogP contribution in [0, 0.1) is 11.8 Å². The summed E-state index contributed by atoms with van der Waals surface area (Å²) in [6.45, 7) is 4.38. The van der Waals surface area contributed by atoms with Crippen molar-refractivity contribution in [2.75, 3.05) is 0 Å². The van der Waals surface area contributed by atoms with E-state index < -0.39 is 5.97 Å². The Balaban J connectivity index is 2.34. The highest BCUT2D eigenvalue weighted by molar-refractivity contribution is 5.87. The Morgan fingerprint density at radius 3 is 2.39 bits per heavy atom. The molecule has 4 nitrogen and oxygen atoms in total. The van der Waals surface area contributed by atoms with Crippen molar-refractivity contribution in [3.63, 3.8) is 0 Å². The van der Waals surface area contributed by atoms with Crippen LogP contribution in [0.15, 0.2) is 23.1 Å². The number of carboxylic acids is 1. The van der Waals surface area contributed by atoms with Gasteiger partial charge in [-0.1, -0.05) is 13.8 Å². The Morgan fingerprint density at radius 2 is 1.83 bits per heavy atom. The molecule has 1 aromatic rings. The summed E-state index contributed by atoms with van der Waals surface area (Å²) in [6.07, 6.45) is 4.57. The van der Waals surface area contributed by atoms with E-state index in [1.807, 2.05) is 0 Å². The van der Waals surface area contributed by atoms with Crippen LogP contribution in [0.3, 0.4) is 0 Å². The molecule has 1 saturated carbocycles. The van der Waals surface area contributed by atoms with Gasteiger partial charge < -0.3 is 9.67 Å². The van der Waals surface area contributed by atoms with E-state index in [0.29, 0.717) is 11.8 Å². The second kappa shape index (κ2) is 4.96. The Hall–Kier alpha value is -1.58. The van der Waals surface area contributed by atoms with Gasteiger partial charge in [0.2, 0.25) is 0 Å². The monoisotopic (exact) mass is 249 g/mol. The number of pyridine rings is 1. The van der Waals surface area contributed by atoms with Crippen LogP contribution in [0.1, 0.15) is 49.5 Å². The highest BCUT2D eigenvalue weighted by atomic mass is 16.4. The topological polar surface area (TPSA) is 59.3 Å². The summed E-state index contributed by atoms with van der Waals surface area (Å²) in [5.41, 5.74) is 0.0757. The zero-order valence-electron chi connectivity index (χ0n) is 10.8. The number of aromatic carboxylic acids is 1. The molecule has 2 atom stereocenters. The highest BCUT2D eigenvalue weighted by Crippen LogP contribution is 2.35. The van der Waals surface area contributed by atoms with Gasteiger partial charge in [0.15, 0.2) is 0 Å². The largest absolute Gasteiger partial charge is 0.478 e. The van der Waals surface area contributed by atoms with Crippen molar-refractivity contribution < 1.29 is 9.90 Å². The minimum atomic E-state index is -0.986. The second-order valence-corrected chi connectivity index (χ2v) is 5.54. The van der Waals surface area contributed by atoms with Crippen molar-refractivity contribution in [2.45, 2.75) is 39.2 Å². The van der Waals surface area contributed by atoms with Crippen LogP contribution in [-0.4, -0.2) is 15.6 Å². The smallest absolute Gasteiger partial charge is 0.337 e. The number of hydrogen-bond acceptors (Lipinski definition) is 2. The maximum atomic E-state index is 11.9. The summed E-state index contributed by atoms with van der Waals surface area (Å²) < 4.78 is 1.61. The molecule has 1 aliphatic rings. The maximum absolute atomic E-state index is 11.9. The lowest BCUT2D eigenvalue weighted by molar-refractivity contribution is 0.0695. The molecule has 2 unspecified atom stereocenters. The molecule has 0 amide bonds. The molecule has 98 valence electrons. The molecule has 1 aromatic heterocycles. The molecule has 1 heterocycles. The lowest BCUT2D eigenvalue weighted by atomic mass is 9.80. The van der Waals surface area contributed by atoms with Gasteiger partial charge in [0.05, 0.1) is 5.56 Å². The Morgan fingerprint density at radius 1 is 1.22 bits per heavy atom. The third kappa shape index (κ3) is 2.63. The third-order valence-corrected chi connectivity index (χ3v) is 3.73. The molecule has 1 aliphatic carbocycles. The van der Waals surface area contributed by atoms with Crippen LogP contribution in [0.4, 0.5) is 0 Å². The lowest BCUT2D eigenvalue weighted by Gasteiger charge is -2.32. The van der Waals surface area contributed by atoms with E-state index in [1.165, 1.54) is 24.8 Å². The second-order valence-electron chi connectivity index (χ2n) is 5.54. The van der Waals surface area contributed by atoms with E-state index >= 15 is 0 Å². The van der Waals surface area contributed by atoms with E-state index in [0.717, 1.165) is 12.8 Å². The van der Waals surface area contributed by atoms with Crippen LogP contribution in [0.5, 0.6) is 0 Å². The number of aromatic nitrogens is 1. The Bertz CT molecular complexity index is 496. The van der Waals surface area contributed by atoms with Crippen molar-refractivity contribution >= 4 is 5.97 Å². The quantitative estimate of drug-likeness (QED) is 0.876. The number of hydrogen-bond donors (Lipinski definition) is 1. The van der Waals surface area contributed by atoms with Gasteiger partial charge in [0.25, 0.3) is 5.56 Å². The van der Waals surface area contributed by atoms with E-state index in [1.54, 1.807) is 4.57 Å². The van der Waals surface area contributed by atoms with Gasteiger partial charge in [-0.3, -0.25) is 4.79 Å². The first kappa shape index (κ1) is 12.9. The number of rotatable bonds is 2. The van der Waals surface area contributed by atoms with Crippen molar-refractivity contribution in [3.05, 3.63) is 34.2 Å². The molecule has 1 fully saturated rings. The molecule has 0 bridgehead atoms. The third-order valence-electron chi connectivity index (χ3n) is 3.73. The van der Waals surface area contributed by atoms with Crippen molar-refractivity contribution in [2.24, 2.45) is 11.8 Å². The molecule has 2 rings (SSSR count). The first-order chi connectivity index (χ1) is 8.47. The molecule has 0 aliphatic heterocycles. The molecule has 0 saturated heterocycles. The molecule has 0 aromatic carbocycles. The SMILES string of the molecule is CC1CC(C)CC(n2cc(C(=O)O)ccc2=O)C1. The predicted octanol–water partition coefficient (Wildman–Crippen LogP) is 2.54.